The number of rotatable bonds is 4. The van der Waals surface area contributed by atoms with Crippen molar-refractivity contribution >= 4 is 17.2 Å². The van der Waals surface area contributed by atoms with E-state index in [1.165, 1.54) is 24.4 Å². The number of pyridine rings is 1. The number of hydrogen-bond acceptors (Lipinski definition) is 5. The minimum absolute atomic E-state index is 0.00776. The van der Waals surface area contributed by atoms with E-state index in [-0.39, 0.29) is 35.7 Å². The van der Waals surface area contributed by atoms with Crippen molar-refractivity contribution < 1.29 is 22.6 Å². The summed E-state index contributed by atoms with van der Waals surface area (Å²) in [5.74, 6) is -0.919. The Labute approximate surface area is 175 Å². The number of nitro groups is 1. The number of likely N-dealkylation sites (N-methyl/N-ethyl adjacent to an activating group) is 1. The highest BCUT2D eigenvalue weighted by atomic mass is 35.5. The second-order valence-corrected chi connectivity index (χ2v) is 7.42. The van der Waals surface area contributed by atoms with Gasteiger partial charge in [-0.15, -0.1) is 0 Å². The van der Waals surface area contributed by atoms with Crippen LogP contribution in [-0.4, -0.2) is 34.4 Å². The van der Waals surface area contributed by atoms with Gasteiger partial charge in [-0.3, -0.25) is 20.0 Å². The van der Waals surface area contributed by atoms with Crippen LogP contribution in [0.5, 0.6) is 5.75 Å². The predicted octanol–water partition coefficient (Wildman–Crippen LogP) is 4.63. The Bertz CT molecular complexity index is 1130. The Kier molecular flexibility index (Phi) is 4.12. The molecule has 0 radical (unpaired) electrons. The molecular weight excluding hydrogens is 404 g/mol. The molecule has 0 amide bonds. The number of hydrogen-bond donors (Lipinski definition) is 0. The summed E-state index contributed by atoms with van der Waals surface area (Å²) in [6.45, 7) is -4.23. The average molecular weight is 425 g/mol. The number of halogens is 3. The SMILES string of the molecule is [2H]C([2H])([2H])N1Cc2cccc(OC(F)F)c2C2CC1C([N+](=O)[O-])=C2c1cc(Cl)c(C)cn1. The van der Waals surface area contributed by atoms with Crippen molar-refractivity contribution in [3.05, 3.63) is 73.7 Å². The lowest BCUT2D eigenvalue weighted by Crippen LogP contribution is -2.33. The maximum Gasteiger partial charge on any atom is 0.387 e. The summed E-state index contributed by atoms with van der Waals surface area (Å²) in [6, 6.07) is 4.86. The van der Waals surface area contributed by atoms with Gasteiger partial charge in [0.05, 0.1) is 16.2 Å². The Hall–Kier alpha value is -2.58. The van der Waals surface area contributed by atoms with Crippen molar-refractivity contribution in [2.24, 2.45) is 0 Å². The zero-order valence-electron chi connectivity index (χ0n) is 18.2. The van der Waals surface area contributed by atoms with Gasteiger partial charge in [-0.05, 0) is 43.6 Å². The van der Waals surface area contributed by atoms with E-state index in [9.17, 15) is 18.9 Å². The third-order valence-electron chi connectivity index (χ3n) is 5.35. The lowest BCUT2D eigenvalue weighted by molar-refractivity contribution is -0.430. The molecule has 0 N–H and O–H groups in total. The molecular formula is C20H18ClF2N3O3. The van der Waals surface area contributed by atoms with Crippen molar-refractivity contribution in [1.29, 1.82) is 0 Å². The van der Waals surface area contributed by atoms with Crippen LogP contribution >= 0.6 is 11.6 Å². The van der Waals surface area contributed by atoms with E-state index >= 15 is 0 Å². The first kappa shape index (κ1) is 16.2. The number of aryl methyl sites for hydroxylation is 1. The van der Waals surface area contributed by atoms with E-state index in [1.54, 1.807) is 13.0 Å². The van der Waals surface area contributed by atoms with Gasteiger partial charge in [0.25, 0.3) is 5.70 Å². The summed E-state index contributed by atoms with van der Waals surface area (Å²) in [7, 11) is 0. The molecule has 1 aliphatic carbocycles. The molecule has 152 valence electrons. The molecule has 0 fully saturated rings. The fourth-order valence-electron chi connectivity index (χ4n) is 4.14. The fraction of sp³-hybridized carbons (Fsp3) is 0.350. The van der Waals surface area contributed by atoms with Gasteiger partial charge < -0.3 is 4.74 Å². The molecule has 2 unspecified atom stereocenters. The summed E-state index contributed by atoms with van der Waals surface area (Å²) in [5, 5.41) is 12.5. The third-order valence-corrected chi connectivity index (χ3v) is 5.75. The second kappa shape index (κ2) is 7.35. The Balaban J connectivity index is 2.03. The van der Waals surface area contributed by atoms with Crippen LogP contribution in [0.1, 0.15) is 38.8 Å². The number of allylic oxidation sites excluding steroid dienone is 1. The molecule has 2 aliphatic rings. The molecule has 1 aromatic carbocycles. The highest BCUT2D eigenvalue weighted by Gasteiger charge is 2.48. The maximum absolute atomic E-state index is 13.1. The predicted molar refractivity (Wildman–Crippen MR) is 104 cm³/mol. The van der Waals surface area contributed by atoms with Gasteiger partial charge in [-0.2, -0.15) is 8.78 Å². The quantitative estimate of drug-likeness (QED) is 0.528. The molecule has 2 atom stereocenters. The van der Waals surface area contributed by atoms with Crippen LogP contribution in [0.2, 0.25) is 5.02 Å². The minimum atomic E-state index is -3.12. The molecule has 0 saturated carbocycles. The van der Waals surface area contributed by atoms with Gasteiger partial charge in [0.2, 0.25) is 0 Å². The van der Waals surface area contributed by atoms with E-state index in [2.05, 4.69) is 4.98 Å². The molecule has 2 aromatic rings. The summed E-state index contributed by atoms with van der Waals surface area (Å²) < 4.78 is 55.0. The summed E-state index contributed by atoms with van der Waals surface area (Å²) in [4.78, 5) is 16.9. The smallest absolute Gasteiger partial charge is 0.387 e. The summed E-state index contributed by atoms with van der Waals surface area (Å²) in [6.07, 6.45) is 1.47. The van der Waals surface area contributed by atoms with Gasteiger partial charge in [0, 0.05) is 33.4 Å². The lowest BCUT2D eigenvalue weighted by Gasteiger charge is -2.24. The van der Waals surface area contributed by atoms with E-state index in [0.717, 1.165) is 4.90 Å². The molecule has 29 heavy (non-hydrogen) atoms. The highest BCUT2D eigenvalue weighted by molar-refractivity contribution is 6.31. The van der Waals surface area contributed by atoms with Crippen LogP contribution in [0.3, 0.4) is 0 Å². The molecule has 0 saturated heterocycles. The first-order valence-electron chi connectivity index (χ1n) is 10.3. The van der Waals surface area contributed by atoms with Gasteiger partial charge in [0.15, 0.2) is 0 Å². The van der Waals surface area contributed by atoms with Gasteiger partial charge in [0.1, 0.15) is 11.8 Å². The number of ether oxygens (including phenoxy) is 1. The van der Waals surface area contributed by atoms with E-state index in [0.29, 0.717) is 21.7 Å². The zero-order valence-corrected chi connectivity index (χ0v) is 16.0. The van der Waals surface area contributed by atoms with E-state index in [1.807, 2.05) is 0 Å². The Morgan fingerprint density at radius 2 is 2.28 bits per heavy atom. The van der Waals surface area contributed by atoms with Gasteiger partial charge >= 0.3 is 6.61 Å². The topological polar surface area (TPSA) is 68.5 Å². The Morgan fingerprint density at radius 3 is 2.93 bits per heavy atom. The number of aromatic nitrogens is 1. The van der Waals surface area contributed by atoms with Crippen molar-refractivity contribution in [1.82, 2.24) is 9.88 Å². The molecule has 9 heteroatoms. The minimum Gasteiger partial charge on any atom is -0.435 e. The number of nitrogens with zero attached hydrogens (tertiary/aromatic N) is 3. The van der Waals surface area contributed by atoms with Crippen LogP contribution in [-0.2, 0) is 6.54 Å². The van der Waals surface area contributed by atoms with Crippen LogP contribution < -0.4 is 4.74 Å². The van der Waals surface area contributed by atoms with Crippen LogP contribution in [0.15, 0.2) is 36.2 Å². The Morgan fingerprint density at radius 1 is 1.48 bits per heavy atom. The molecule has 2 bridgehead atoms. The third kappa shape index (κ3) is 3.36. The molecule has 4 rings (SSSR count). The van der Waals surface area contributed by atoms with Gasteiger partial charge in [-0.1, -0.05) is 23.7 Å². The molecule has 0 spiro atoms. The maximum atomic E-state index is 13.1. The second-order valence-electron chi connectivity index (χ2n) is 7.01. The van der Waals surface area contributed by atoms with Crippen molar-refractivity contribution in [2.75, 3.05) is 6.98 Å². The monoisotopic (exact) mass is 424 g/mol. The van der Waals surface area contributed by atoms with Crippen LogP contribution in [0.25, 0.3) is 5.57 Å². The fourth-order valence-corrected chi connectivity index (χ4v) is 4.29. The lowest BCUT2D eigenvalue weighted by atomic mass is 9.86. The van der Waals surface area contributed by atoms with Crippen LogP contribution in [0.4, 0.5) is 8.78 Å². The highest BCUT2D eigenvalue weighted by Crippen LogP contribution is 2.52. The van der Waals surface area contributed by atoms with Crippen molar-refractivity contribution in [3.8, 4) is 5.75 Å². The van der Waals surface area contributed by atoms with Crippen molar-refractivity contribution in [2.45, 2.75) is 38.5 Å². The molecule has 1 aromatic heterocycles. The molecule has 1 aliphatic heterocycles. The first-order valence-corrected chi connectivity index (χ1v) is 9.21. The normalized spacial score (nSPS) is 23.3. The van der Waals surface area contributed by atoms with Crippen LogP contribution in [0, 0.1) is 17.0 Å². The number of fused-ring (bicyclic) bond motifs is 4. The first-order chi connectivity index (χ1) is 15.0. The summed E-state index contributed by atoms with van der Waals surface area (Å²) >= 11 is 6.24. The average Bonchev–Trinajstić information content (AvgIpc) is 2.96. The molecule has 6 nitrogen and oxygen atoms in total. The van der Waals surface area contributed by atoms with E-state index < -0.39 is 30.5 Å². The van der Waals surface area contributed by atoms with Gasteiger partial charge in [-0.25, -0.2) is 0 Å². The van der Waals surface area contributed by atoms with Crippen molar-refractivity contribution in [3.63, 3.8) is 0 Å². The number of benzene rings is 1. The zero-order chi connectivity index (χ0) is 23.4. The standard InChI is InChI=1S/C20H18ClF2N3O3/c1-10-8-24-14(7-13(10)21)18-12-6-15(19(18)26(27)28)25(2)9-11-4-3-5-16(17(11)12)29-20(22)23/h3-5,7-8,12,15,20H,6,9H2,1-2H3/i2D3. The van der Waals surface area contributed by atoms with E-state index in [4.69, 9.17) is 20.5 Å². The molecule has 2 heterocycles. The largest absolute Gasteiger partial charge is 0.435 e. The summed E-state index contributed by atoms with van der Waals surface area (Å²) in [5.41, 5.74) is 1.44. The number of alkyl halides is 2.